The third kappa shape index (κ3) is 2.59. The van der Waals surface area contributed by atoms with Crippen molar-refractivity contribution in [1.29, 1.82) is 0 Å². The number of allylic oxidation sites excluding steroid dienone is 3. The monoisotopic (exact) mass is 262 g/mol. The molecule has 0 heterocycles. The summed E-state index contributed by atoms with van der Waals surface area (Å²) in [5.74, 6) is 0.950. The highest BCUT2D eigenvalue weighted by atomic mass is 79.9. The molecule has 0 amide bonds. The topological polar surface area (TPSA) is 35.1 Å². The van der Waals surface area contributed by atoms with E-state index in [9.17, 15) is 0 Å². The van der Waals surface area contributed by atoms with Crippen LogP contribution in [0.1, 0.15) is 26.2 Å². The van der Waals surface area contributed by atoms with E-state index in [-0.39, 0.29) is 0 Å². The summed E-state index contributed by atoms with van der Waals surface area (Å²) >= 11 is 3.46. The summed E-state index contributed by atoms with van der Waals surface area (Å²) in [5.41, 5.74) is 4.34. The Balaban J connectivity index is 2.93. The Morgan fingerprint density at radius 1 is 1.36 bits per heavy atom. The standard InChI is InChI=1S/C10H16BrNO2/c1-7(11)10(13-2)8-5-4-6-9(8)12-14-3/h12H,4-6H2,1-3H3/p+1/b10-7-. The predicted octanol–water partition coefficient (Wildman–Crippen LogP) is 1.82. The van der Waals surface area contributed by atoms with Crippen molar-refractivity contribution in [3.63, 3.8) is 0 Å². The number of hydrogen-bond acceptors (Lipinski definition) is 2. The molecule has 0 fully saturated rings. The maximum absolute atomic E-state index is 5.37. The summed E-state index contributed by atoms with van der Waals surface area (Å²) < 4.78 is 6.41. The zero-order chi connectivity index (χ0) is 10.6. The highest BCUT2D eigenvalue weighted by Gasteiger charge is 2.23. The Morgan fingerprint density at radius 2 is 2.07 bits per heavy atom. The van der Waals surface area contributed by atoms with Gasteiger partial charge in [-0.05, 0) is 19.8 Å². The summed E-state index contributed by atoms with van der Waals surface area (Å²) in [6.07, 6.45) is 3.33. The van der Waals surface area contributed by atoms with Gasteiger partial charge in [0.15, 0.2) is 0 Å². The number of hydroxylamine groups is 1. The van der Waals surface area contributed by atoms with Crippen LogP contribution in [0.5, 0.6) is 0 Å². The Morgan fingerprint density at radius 3 is 2.57 bits per heavy atom. The molecule has 0 atom stereocenters. The lowest BCUT2D eigenvalue weighted by atomic mass is 10.2. The van der Waals surface area contributed by atoms with Crippen molar-refractivity contribution in [2.24, 2.45) is 0 Å². The molecule has 0 aromatic rings. The van der Waals surface area contributed by atoms with Gasteiger partial charge in [-0.15, -0.1) is 0 Å². The molecule has 80 valence electrons. The number of methoxy groups -OCH3 is 1. The fourth-order valence-corrected chi connectivity index (χ4v) is 2.17. The van der Waals surface area contributed by atoms with Crippen LogP contribution >= 0.6 is 15.9 Å². The molecule has 0 aromatic heterocycles. The average molecular weight is 263 g/mol. The van der Waals surface area contributed by atoms with Crippen molar-refractivity contribution >= 4 is 15.9 Å². The largest absolute Gasteiger partial charge is 0.495 e. The van der Waals surface area contributed by atoms with E-state index < -0.39 is 0 Å². The second kappa shape index (κ2) is 5.53. The van der Waals surface area contributed by atoms with Gasteiger partial charge in [0.05, 0.1) is 19.8 Å². The normalized spacial score (nSPS) is 18.6. The summed E-state index contributed by atoms with van der Waals surface area (Å²) in [5, 5.41) is 0. The molecule has 0 saturated carbocycles. The lowest BCUT2D eigenvalue weighted by molar-refractivity contribution is -0.856. The maximum Gasteiger partial charge on any atom is 0.145 e. The highest BCUT2D eigenvalue weighted by molar-refractivity contribution is 9.11. The van der Waals surface area contributed by atoms with E-state index in [1.165, 1.54) is 17.7 Å². The van der Waals surface area contributed by atoms with Gasteiger partial charge >= 0.3 is 0 Å². The molecule has 0 saturated heterocycles. The first-order valence-electron chi connectivity index (χ1n) is 4.69. The molecule has 1 aliphatic rings. The van der Waals surface area contributed by atoms with Gasteiger partial charge in [0.2, 0.25) is 0 Å². The molecule has 0 aromatic carbocycles. The Labute approximate surface area is 93.2 Å². The Kier molecular flexibility index (Phi) is 4.65. The molecule has 0 radical (unpaired) electrons. The predicted molar refractivity (Wildman–Crippen MR) is 58.4 cm³/mol. The Hall–Kier alpha value is -0.320. The van der Waals surface area contributed by atoms with Crippen molar-refractivity contribution in [3.05, 3.63) is 21.5 Å². The molecule has 0 aliphatic heterocycles. The van der Waals surface area contributed by atoms with Crippen LogP contribution in [-0.4, -0.2) is 14.2 Å². The van der Waals surface area contributed by atoms with Crippen molar-refractivity contribution < 1.29 is 15.1 Å². The molecule has 1 aliphatic carbocycles. The lowest BCUT2D eigenvalue weighted by Gasteiger charge is -2.09. The fraction of sp³-hybridized carbons (Fsp3) is 0.600. The van der Waals surface area contributed by atoms with Gasteiger partial charge in [0.25, 0.3) is 0 Å². The zero-order valence-corrected chi connectivity index (χ0v) is 10.5. The summed E-state index contributed by atoms with van der Waals surface area (Å²) in [7, 11) is 3.38. The maximum atomic E-state index is 5.37. The van der Waals surface area contributed by atoms with Gasteiger partial charge in [0, 0.05) is 10.9 Å². The average Bonchev–Trinajstić information content (AvgIpc) is 2.55. The lowest BCUT2D eigenvalue weighted by Crippen LogP contribution is -2.80. The third-order valence-corrected chi connectivity index (χ3v) is 2.67. The van der Waals surface area contributed by atoms with Crippen molar-refractivity contribution in [2.75, 3.05) is 14.2 Å². The summed E-state index contributed by atoms with van der Waals surface area (Å²) in [4.78, 5) is 5.05. The second-order valence-electron chi connectivity index (χ2n) is 3.28. The first-order chi connectivity index (χ1) is 6.70. The number of rotatable bonds is 4. The van der Waals surface area contributed by atoms with Gasteiger partial charge in [-0.2, -0.15) is 5.48 Å². The van der Waals surface area contributed by atoms with Crippen LogP contribution in [0.2, 0.25) is 0 Å². The molecule has 0 spiro atoms. The fourth-order valence-electron chi connectivity index (χ4n) is 1.77. The number of nitrogens with two attached hydrogens (primary N) is 1. The quantitative estimate of drug-likeness (QED) is 0.620. The molecule has 0 bridgehead atoms. The number of halogens is 1. The van der Waals surface area contributed by atoms with E-state index in [2.05, 4.69) is 15.9 Å². The first kappa shape index (κ1) is 11.8. The van der Waals surface area contributed by atoms with E-state index in [0.29, 0.717) is 0 Å². The molecule has 14 heavy (non-hydrogen) atoms. The van der Waals surface area contributed by atoms with Gasteiger partial charge in [-0.25, -0.2) is 4.84 Å². The van der Waals surface area contributed by atoms with Crippen LogP contribution in [0, 0.1) is 0 Å². The van der Waals surface area contributed by atoms with Gasteiger partial charge in [0.1, 0.15) is 11.5 Å². The number of quaternary nitrogens is 1. The molecule has 0 unspecified atom stereocenters. The molecular weight excluding hydrogens is 246 g/mol. The minimum atomic E-state index is 0.950. The van der Waals surface area contributed by atoms with Gasteiger partial charge in [-0.1, -0.05) is 15.9 Å². The minimum absolute atomic E-state index is 0.950. The SMILES string of the molecule is CO[NH2+]C1=C(/C(OC)=C(\C)Br)CCC1. The minimum Gasteiger partial charge on any atom is -0.495 e. The molecular formula is C10H17BrNO2+. The van der Waals surface area contributed by atoms with E-state index in [4.69, 9.17) is 9.57 Å². The molecule has 2 N–H and O–H groups in total. The van der Waals surface area contributed by atoms with Crippen LogP contribution in [0.15, 0.2) is 21.5 Å². The first-order valence-corrected chi connectivity index (χ1v) is 5.48. The van der Waals surface area contributed by atoms with Crippen LogP contribution in [0.3, 0.4) is 0 Å². The smallest absolute Gasteiger partial charge is 0.145 e. The zero-order valence-electron chi connectivity index (χ0n) is 8.89. The van der Waals surface area contributed by atoms with Crippen LogP contribution < -0.4 is 5.48 Å². The van der Waals surface area contributed by atoms with Crippen LogP contribution in [0.25, 0.3) is 0 Å². The van der Waals surface area contributed by atoms with Gasteiger partial charge in [-0.3, -0.25) is 0 Å². The van der Waals surface area contributed by atoms with E-state index >= 15 is 0 Å². The van der Waals surface area contributed by atoms with Crippen molar-refractivity contribution in [1.82, 2.24) is 0 Å². The molecule has 4 heteroatoms. The van der Waals surface area contributed by atoms with Crippen LogP contribution in [0.4, 0.5) is 0 Å². The number of hydrogen-bond donors (Lipinski definition) is 1. The number of ether oxygens (including phenoxy) is 1. The summed E-state index contributed by atoms with van der Waals surface area (Å²) in [6.45, 7) is 1.99. The highest BCUT2D eigenvalue weighted by Crippen LogP contribution is 2.31. The summed E-state index contributed by atoms with van der Waals surface area (Å²) in [6, 6.07) is 0. The van der Waals surface area contributed by atoms with E-state index in [1.54, 1.807) is 14.2 Å². The molecule has 1 rings (SSSR count). The van der Waals surface area contributed by atoms with Crippen molar-refractivity contribution in [3.8, 4) is 0 Å². The van der Waals surface area contributed by atoms with E-state index in [1.807, 2.05) is 12.4 Å². The van der Waals surface area contributed by atoms with E-state index in [0.717, 1.165) is 23.1 Å². The second-order valence-corrected chi connectivity index (χ2v) is 4.47. The van der Waals surface area contributed by atoms with Crippen molar-refractivity contribution in [2.45, 2.75) is 26.2 Å². The molecule has 3 nitrogen and oxygen atoms in total. The van der Waals surface area contributed by atoms with Crippen LogP contribution in [-0.2, 0) is 9.57 Å². The Bertz CT molecular complexity index is 267. The third-order valence-electron chi connectivity index (χ3n) is 2.31. The van der Waals surface area contributed by atoms with Gasteiger partial charge < -0.3 is 4.74 Å².